The predicted octanol–water partition coefficient (Wildman–Crippen LogP) is 1.34. The average Bonchev–Trinajstić information content (AvgIpc) is 2.79. The summed E-state index contributed by atoms with van der Waals surface area (Å²) in [6.07, 6.45) is 0.563. The quantitative estimate of drug-likeness (QED) is 0.796. The zero-order valence-corrected chi connectivity index (χ0v) is 14.4. The summed E-state index contributed by atoms with van der Waals surface area (Å²) in [5.41, 5.74) is 0.688. The number of rotatable bonds is 3. The van der Waals surface area contributed by atoms with Gasteiger partial charge in [0.05, 0.1) is 22.2 Å². The summed E-state index contributed by atoms with van der Waals surface area (Å²) in [5.74, 6) is -1.48. The number of benzene rings is 1. The molecule has 9 heteroatoms. The van der Waals surface area contributed by atoms with E-state index in [4.69, 9.17) is 11.6 Å². The van der Waals surface area contributed by atoms with Crippen LogP contribution in [0.2, 0.25) is 5.02 Å². The van der Waals surface area contributed by atoms with Crippen LogP contribution in [0.25, 0.3) is 0 Å². The highest BCUT2D eigenvalue weighted by molar-refractivity contribution is 7.93. The van der Waals surface area contributed by atoms with Crippen LogP contribution in [0, 0.1) is 0 Å². The lowest BCUT2D eigenvalue weighted by atomic mass is 10.2. The maximum Gasteiger partial charge on any atom is 0.313 e. The molecule has 2 N–H and O–H groups in total. The number of anilines is 2. The second-order valence-corrected chi connectivity index (χ2v) is 7.91. The normalized spacial score (nSPS) is 16.4. The second kappa shape index (κ2) is 6.76. The fraction of sp³-hybridized carbons (Fsp3) is 0.429. The highest BCUT2D eigenvalue weighted by Gasteiger charge is 2.28. The summed E-state index contributed by atoms with van der Waals surface area (Å²) in [4.78, 5) is 23.3. The molecule has 1 aromatic carbocycles. The number of carbonyl (C=O) groups excluding carboxylic acids is 2. The van der Waals surface area contributed by atoms with E-state index in [2.05, 4.69) is 10.6 Å². The van der Waals surface area contributed by atoms with E-state index in [0.29, 0.717) is 18.7 Å². The fourth-order valence-corrected chi connectivity index (χ4v) is 3.98. The smallest absolute Gasteiger partial charge is 0.313 e. The Kier molecular flexibility index (Phi) is 5.16. The van der Waals surface area contributed by atoms with Gasteiger partial charge in [0.2, 0.25) is 10.0 Å². The fourth-order valence-electron chi connectivity index (χ4n) is 2.20. The topological polar surface area (TPSA) is 95.6 Å². The van der Waals surface area contributed by atoms with Gasteiger partial charge in [0.1, 0.15) is 0 Å². The van der Waals surface area contributed by atoms with Crippen molar-refractivity contribution in [1.82, 2.24) is 5.32 Å². The van der Waals surface area contributed by atoms with Crippen LogP contribution >= 0.6 is 11.6 Å². The zero-order valence-electron chi connectivity index (χ0n) is 12.8. The minimum Gasteiger partial charge on any atom is -0.346 e. The first-order valence-corrected chi connectivity index (χ1v) is 9.11. The summed E-state index contributed by atoms with van der Waals surface area (Å²) in [6.45, 7) is 3.88. The molecule has 0 saturated carbocycles. The van der Waals surface area contributed by atoms with Crippen molar-refractivity contribution in [2.45, 2.75) is 26.3 Å². The van der Waals surface area contributed by atoms with Crippen molar-refractivity contribution >= 4 is 44.8 Å². The molecule has 1 heterocycles. The van der Waals surface area contributed by atoms with Crippen LogP contribution in [0.15, 0.2) is 18.2 Å². The molecule has 7 nitrogen and oxygen atoms in total. The maximum absolute atomic E-state index is 11.9. The lowest BCUT2D eigenvalue weighted by Crippen LogP contribution is -2.39. The van der Waals surface area contributed by atoms with E-state index < -0.39 is 21.8 Å². The highest BCUT2D eigenvalue weighted by atomic mass is 35.5. The summed E-state index contributed by atoms with van der Waals surface area (Å²) < 4.78 is 25.1. The van der Waals surface area contributed by atoms with Crippen LogP contribution in [-0.2, 0) is 19.6 Å². The number of sulfonamides is 1. The third-order valence-electron chi connectivity index (χ3n) is 3.21. The number of halogens is 1. The van der Waals surface area contributed by atoms with Crippen molar-refractivity contribution in [2.75, 3.05) is 21.9 Å². The maximum atomic E-state index is 11.9. The second-order valence-electron chi connectivity index (χ2n) is 5.49. The largest absolute Gasteiger partial charge is 0.346 e. The number of carbonyl (C=O) groups is 2. The molecule has 1 saturated heterocycles. The lowest BCUT2D eigenvalue weighted by Gasteiger charge is -2.18. The minimum atomic E-state index is -3.30. The van der Waals surface area contributed by atoms with Gasteiger partial charge >= 0.3 is 11.8 Å². The Balaban J connectivity index is 2.14. The number of nitrogens with one attached hydrogen (secondary N) is 2. The summed E-state index contributed by atoms with van der Waals surface area (Å²) in [6, 6.07) is 4.32. The molecule has 0 aromatic heterocycles. The van der Waals surface area contributed by atoms with Gasteiger partial charge in [-0.2, -0.15) is 0 Å². The van der Waals surface area contributed by atoms with Crippen LogP contribution in [0.5, 0.6) is 0 Å². The molecule has 0 atom stereocenters. The van der Waals surface area contributed by atoms with Gasteiger partial charge in [0, 0.05) is 12.6 Å². The van der Waals surface area contributed by atoms with E-state index in [1.165, 1.54) is 16.4 Å². The van der Waals surface area contributed by atoms with Gasteiger partial charge in [-0.05, 0) is 38.5 Å². The van der Waals surface area contributed by atoms with Crippen LogP contribution in [0.4, 0.5) is 11.4 Å². The van der Waals surface area contributed by atoms with Gasteiger partial charge in [-0.1, -0.05) is 11.6 Å². The molecule has 1 aliphatic rings. The summed E-state index contributed by atoms with van der Waals surface area (Å²) in [5, 5.41) is 5.03. The molecule has 2 rings (SSSR count). The SMILES string of the molecule is CC(C)NC(=O)C(=O)Nc1ccc(N2CCCS2(=O)=O)cc1Cl. The van der Waals surface area contributed by atoms with E-state index in [1.54, 1.807) is 19.9 Å². The van der Waals surface area contributed by atoms with Crippen molar-refractivity contribution in [2.24, 2.45) is 0 Å². The first-order valence-electron chi connectivity index (χ1n) is 7.12. The molecule has 0 unspecified atom stereocenters. The monoisotopic (exact) mass is 359 g/mol. The van der Waals surface area contributed by atoms with Crippen molar-refractivity contribution in [1.29, 1.82) is 0 Å². The van der Waals surface area contributed by atoms with Gasteiger partial charge in [-0.25, -0.2) is 8.42 Å². The molecule has 1 fully saturated rings. The Bertz CT molecular complexity index is 734. The summed E-state index contributed by atoms with van der Waals surface area (Å²) in [7, 11) is -3.30. The van der Waals surface area contributed by atoms with E-state index in [1.807, 2.05) is 0 Å². The Labute approximate surface area is 140 Å². The predicted molar refractivity (Wildman–Crippen MR) is 89.1 cm³/mol. The molecule has 0 aliphatic carbocycles. The Morgan fingerprint density at radius 2 is 1.96 bits per heavy atom. The number of amides is 2. The first-order chi connectivity index (χ1) is 10.7. The third-order valence-corrected chi connectivity index (χ3v) is 5.40. The molecule has 0 bridgehead atoms. The van der Waals surface area contributed by atoms with Crippen molar-refractivity contribution in [3.8, 4) is 0 Å². The number of nitrogens with zero attached hydrogens (tertiary/aromatic N) is 1. The molecule has 0 radical (unpaired) electrons. The van der Waals surface area contributed by atoms with Crippen molar-refractivity contribution in [3.05, 3.63) is 23.2 Å². The highest BCUT2D eigenvalue weighted by Crippen LogP contribution is 2.31. The standard InChI is InChI=1S/C14H18ClN3O4S/c1-9(2)16-13(19)14(20)17-12-5-4-10(8-11(12)15)18-6-3-7-23(18,21)22/h4-5,8-9H,3,6-7H2,1-2H3,(H,16,19)(H,17,20). The average molecular weight is 360 g/mol. The van der Waals surface area contributed by atoms with Crippen LogP contribution in [0.1, 0.15) is 20.3 Å². The molecule has 1 aromatic rings. The van der Waals surface area contributed by atoms with Gasteiger partial charge < -0.3 is 10.6 Å². The Hall–Kier alpha value is -1.80. The Morgan fingerprint density at radius 3 is 2.48 bits per heavy atom. The van der Waals surface area contributed by atoms with Gasteiger partial charge in [-0.3, -0.25) is 13.9 Å². The minimum absolute atomic E-state index is 0.110. The molecule has 23 heavy (non-hydrogen) atoms. The Morgan fingerprint density at radius 1 is 1.26 bits per heavy atom. The molecular formula is C14H18ClN3O4S. The van der Waals surface area contributed by atoms with E-state index in [9.17, 15) is 18.0 Å². The van der Waals surface area contributed by atoms with Gasteiger partial charge in [0.25, 0.3) is 0 Å². The molecule has 126 valence electrons. The van der Waals surface area contributed by atoms with Crippen molar-refractivity contribution in [3.63, 3.8) is 0 Å². The molecule has 0 spiro atoms. The van der Waals surface area contributed by atoms with E-state index >= 15 is 0 Å². The number of hydrogen-bond donors (Lipinski definition) is 2. The first kappa shape index (κ1) is 17.6. The third kappa shape index (κ3) is 4.14. The van der Waals surface area contributed by atoms with E-state index in [0.717, 1.165) is 0 Å². The van der Waals surface area contributed by atoms with E-state index in [-0.39, 0.29) is 22.5 Å². The molecule has 1 aliphatic heterocycles. The number of hydrogen-bond acceptors (Lipinski definition) is 4. The van der Waals surface area contributed by atoms with Gasteiger partial charge in [-0.15, -0.1) is 0 Å². The lowest BCUT2D eigenvalue weighted by molar-refractivity contribution is -0.136. The molecule has 2 amide bonds. The molecular weight excluding hydrogens is 342 g/mol. The van der Waals surface area contributed by atoms with Crippen LogP contribution in [-0.4, -0.2) is 38.6 Å². The van der Waals surface area contributed by atoms with Crippen LogP contribution < -0.4 is 14.9 Å². The van der Waals surface area contributed by atoms with Crippen molar-refractivity contribution < 1.29 is 18.0 Å². The van der Waals surface area contributed by atoms with Crippen LogP contribution in [0.3, 0.4) is 0 Å². The zero-order chi connectivity index (χ0) is 17.2. The van der Waals surface area contributed by atoms with Gasteiger partial charge in [0.15, 0.2) is 0 Å². The summed E-state index contributed by atoms with van der Waals surface area (Å²) >= 11 is 6.09.